The number of amides is 1. The number of carbonyl (C=O) groups is 2. The van der Waals surface area contributed by atoms with Crippen molar-refractivity contribution >= 4 is 33.7 Å². The van der Waals surface area contributed by atoms with E-state index in [2.05, 4.69) is 5.32 Å². The first-order chi connectivity index (χ1) is 12.7. The van der Waals surface area contributed by atoms with Crippen LogP contribution in [0, 0.1) is 6.92 Å². The van der Waals surface area contributed by atoms with Gasteiger partial charge in [0.05, 0.1) is 4.90 Å². The van der Waals surface area contributed by atoms with E-state index >= 15 is 0 Å². The van der Waals surface area contributed by atoms with E-state index in [1.165, 1.54) is 44.4 Å². The van der Waals surface area contributed by atoms with Gasteiger partial charge in [-0.05, 0) is 49.4 Å². The number of esters is 1. The molecule has 0 aliphatic heterocycles. The number of carbonyl (C=O) groups excluding carboxylic acids is 2. The summed E-state index contributed by atoms with van der Waals surface area (Å²) in [5.41, 5.74) is 0.385. The summed E-state index contributed by atoms with van der Waals surface area (Å²) < 4.78 is 35.1. The molecule has 0 radical (unpaired) electrons. The smallest absolute Gasteiger partial charge is 0.331 e. The van der Waals surface area contributed by atoms with Crippen molar-refractivity contribution in [2.24, 2.45) is 0 Å². The van der Waals surface area contributed by atoms with Crippen LogP contribution < -0.4 is 5.32 Å². The van der Waals surface area contributed by atoms with Crippen LogP contribution in [0.1, 0.15) is 11.5 Å². The van der Waals surface area contributed by atoms with Gasteiger partial charge < -0.3 is 14.5 Å². The highest BCUT2D eigenvalue weighted by atomic mass is 32.2. The third kappa shape index (κ3) is 5.80. The zero-order valence-corrected chi connectivity index (χ0v) is 15.9. The minimum atomic E-state index is -3.54. The van der Waals surface area contributed by atoms with Crippen LogP contribution in [0.15, 0.2) is 51.8 Å². The van der Waals surface area contributed by atoms with Crippen LogP contribution in [0.4, 0.5) is 5.69 Å². The summed E-state index contributed by atoms with van der Waals surface area (Å²) in [4.78, 5) is 23.5. The van der Waals surface area contributed by atoms with Crippen LogP contribution >= 0.6 is 0 Å². The van der Waals surface area contributed by atoms with E-state index in [1.54, 1.807) is 19.1 Å². The van der Waals surface area contributed by atoms with Crippen molar-refractivity contribution in [2.45, 2.75) is 11.8 Å². The highest BCUT2D eigenvalue weighted by molar-refractivity contribution is 7.89. The molecule has 2 rings (SSSR count). The molecule has 1 aromatic carbocycles. The Labute approximate surface area is 157 Å². The lowest BCUT2D eigenvalue weighted by molar-refractivity contribution is -0.142. The van der Waals surface area contributed by atoms with E-state index in [0.29, 0.717) is 17.2 Å². The minimum Gasteiger partial charge on any atom is -0.462 e. The van der Waals surface area contributed by atoms with E-state index in [9.17, 15) is 18.0 Å². The van der Waals surface area contributed by atoms with E-state index in [0.717, 1.165) is 10.4 Å². The van der Waals surface area contributed by atoms with Crippen molar-refractivity contribution < 1.29 is 27.2 Å². The molecule has 0 saturated heterocycles. The highest BCUT2D eigenvalue weighted by Crippen LogP contribution is 2.16. The number of anilines is 1. The largest absolute Gasteiger partial charge is 0.462 e. The maximum Gasteiger partial charge on any atom is 0.331 e. The van der Waals surface area contributed by atoms with Crippen LogP contribution in [0.25, 0.3) is 6.08 Å². The SMILES string of the molecule is Cc1ccc(/C=C/C(=O)OCC(=O)Nc2ccc(S(=O)(=O)N(C)C)cc2)o1. The molecule has 1 aromatic heterocycles. The summed E-state index contributed by atoms with van der Waals surface area (Å²) in [6, 6.07) is 9.13. The molecule has 8 nitrogen and oxygen atoms in total. The fourth-order valence-corrected chi connectivity index (χ4v) is 2.90. The standard InChI is InChI=1S/C18H20N2O6S/c1-13-4-7-15(26-13)8-11-18(22)25-12-17(21)19-14-5-9-16(10-6-14)27(23,24)20(2)3/h4-11H,12H2,1-3H3,(H,19,21)/b11-8+. The fraction of sp³-hybridized carbons (Fsp3) is 0.222. The van der Waals surface area contributed by atoms with Gasteiger partial charge in [0.2, 0.25) is 10.0 Å². The Kier molecular flexibility index (Phi) is 6.54. The number of nitrogens with zero attached hydrogens (tertiary/aromatic N) is 1. The van der Waals surface area contributed by atoms with Gasteiger partial charge in [-0.2, -0.15) is 0 Å². The van der Waals surface area contributed by atoms with Crippen LogP contribution in [-0.2, 0) is 24.3 Å². The third-order valence-corrected chi connectivity index (χ3v) is 5.24. The van der Waals surface area contributed by atoms with Gasteiger partial charge in [-0.15, -0.1) is 0 Å². The van der Waals surface area contributed by atoms with E-state index in [-0.39, 0.29) is 4.90 Å². The molecule has 27 heavy (non-hydrogen) atoms. The number of hydrogen-bond acceptors (Lipinski definition) is 6. The molecule has 2 aromatic rings. The molecule has 0 atom stereocenters. The fourth-order valence-electron chi connectivity index (χ4n) is 2.00. The normalized spacial score (nSPS) is 11.7. The van der Waals surface area contributed by atoms with Gasteiger partial charge in [-0.25, -0.2) is 17.5 Å². The maximum atomic E-state index is 12.0. The molecule has 0 saturated carbocycles. The second-order valence-corrected chi connectivity index (χ2v) is 7.90. The number of sulfonamides is 1. The molecular formula is C18H20N2O6S. The molecule has 1 amide bonds. The molecule has 144 valence electrons. The van der Waals surface area contributed by atoms with Gasteiger partial charge in [0.25, 0.3) is 5.91 Å². The zero-order chi connectivity index (χ0) is 20.0. The van der Waals surface area contributed by atoms with Crippen molar-refractivity contribution in [3.63, 3.8) is 0 Å². The number of rotatable bonds is 7. The predicted octanol–water partition coefficient (Wildman–Crippen LogP) is 2.03. The molecule has 0 unspecified atom stereocenters. The van der Waals surface area contributed by atoms with Gasteiger partial charge in [-0.3, -0.25) is 4.79 Å². The van der Waals surface area contributed by atoms with Gasteiger partial charge >= 0.3 is 5.97 Å². The Bertz CT molecular complexity index is 942. The van der Waals surface area contributed by atoms with Crippen molar-refractivity contribution in [3.05, 3.63) is 54.0 Å². The summed E-state index contributed by atoms with van der Waals surface area (Å²) in [7, 11) is -0.673. The molecule has 1 N–H and O–H groups in total. The maximum absolute atomic E-state index is 12.0. The topological polar surface area (TPSA) is 106 Å². The van der Waals surface area contributed by atoms with Crippen molar-refractivity contribution in [2.75, 3.05) is 26.0 Å². The number of nitrogens with one attached hydrogen (secondary N) is 1. The molecule has 0 spiro atoms. The first-order valence-corrected chi connectivity index (χ1v) is 9.36. The summed E-state index contributed by atoms with van der Waals surface area (Å²) in [6.45, 7) is 1.31. The number of aryl methyl sites for hydroxylation is 1. The van der Waals surface area contributed by atoms with Crippen LogP contribution in [0.5, 0.6) is 0 Å². The van der Waals surface area contributed by atoms with Gasteiger partial charge in [0.1, 0.15) is 11.5 Å². The molecule has 9 heteroatoms. The summed E-state index contributed by atoms with van der Waals surface area (Å²) in [5, 5.41) is 2.52. The van der Waals surface area contributed by atoms with Crippen molar-refractivity contribution in [1.82, 2.24) is 4.31 Å². The Morgan fingerprint density at radius 1 is 1.15 bits per heavy atom. The third-order valence-electron chi connectivity index (χ3n) is 3.41. The summed E-state index contributed by atoms with van der Waals surface area (Å²) >= 11 is 0. The first-order valence-electron chi connectivity index (χ1n) is 7.92. The average molecular weight is 392 g/mol. The molecule has 0 fully saturated rings. The summed E-state index contributed by atoms with van der Waals surface area (Å²) in [5.74, 6) is -0.0195. The average Bonchev–Trinajstić information content (AvgIpc) is 3.04. The molecule has 0 bridgehead atoms. The molecule has 0 aliphatic carbocycles. The number of ether oxygens (including phenoxy) is 1. The monoisotopic (exact) mass is 392 g/mol. The van der Waals surface area contributed by atoms with E-state index < -0.39 is 28.5 Å². The lowest BCUT2D eigenvalue weighted by atomic mass is 10.3. The highest BCUT2D eigenvalue weighted by Gasteiger charge is 2.16. The number of hydrogen-bond donors (Lipinski definition) is 1. The quantitative estimate of drug-likeness (QED) is 0.571. The lowest BCUT2D eigenvalue weighted by Crippen LogP contribution is -2.22. The Balaban J connectivity index is 1.85. The Morgan fingerprint density at radius 2 is 1.81 bits per heavy atom. The van der Waals surface area contributed by atoms with Crippen molar-refractivity contribution in [3.8, 4) is 0 Å². The van der Waals surface area contributed by atoms with Crippen LogP contribution in [-0.4, -0.2) is 45.3 Å². The van der Waals surface area contributed by atoms with Gasteiger partial charge in [-0.1, -0.05) is 0 Å². The minimum absolute atomic E-state index is 0.107. The second kappa shape index (κ2) is 8.65. The number of furan rings is 1. The van der Waals surface area contributed by atoms with Gasteiger partial charge in [0.15, 0.2) is 6.61 Å². The first kappa shape index (κ1) is 20.4. The number of benzene rings is 1. The molecule has 1 heterocycles. The van der Waals surface area contributed by atoms with Crippen LogP contribution in [0.2, 0.25) is 0 Å². The Hall–Kier alpha value is -2.91. The van der Waals surface area contributed by atoms with E-state index in [4.69, 9.17) is 9.15 Å². The second-order valence-electron chi connectivity index (χ2n) is 5.75. The lowest BCUT2D eigenvalue weighted by Gasteiger charge is -2.12. The molecular weight excluding hydrogens is 372 g/mol. The van der Waals surface area contributed by atoms with Crippen LogP contribution in [0.3, 0.4) is 0 Å². The van der Waals surface area contributed by atoms with Gasteiger partial charge in [0, 0.05) is 25.9 Å². The predicted molar refractivity (Wildman–Crippen MR) is 99.4 cm³/mol. The molecule has 0 aliphatic rings. The Morgan fingerprint density at radius 3 is 2.37 bits per heavy atom. The van der Waals surface area contributed by atoms with E-state index in [1.807, 2.05) is 0 Å². The zero-order valence-electron chi connectivity index (χ0n) is 15.1. The van der Waals surface area contributed by atoms with Crippen molar-refractivity contribution in [1.29, 1.82) is 0 Å². The summed E-state index contributed by atoms with van der Waals surface area (Å²) in [6.07, 6.45) is 2.60.